The first-order valence-corrected chi connectivity index (χ1v) is 8.31. The van der Waals surface area contributed by atoms with Crippen LogP contribution in [0.5, 0.6) is 0 Å². The average Bonchev–Trinajstić information content (AvgIpc) is 3.26. The second kappa shape index (κ2) is 7.15. The Morgan fingerprint density at radius 3 is 1.37 bits per heavy atom. The van der Waals surface area contributed by atoms with Crippen LogP contribution in [0.4, 0.5) is 0 Å². The van der Waals surface area contributed by atoms with Gasteiger partial charge in [0.2, 0.25) is 0 Å². The first-order chi connectivity index (χ1) is 12.9. The van der Waals surface area contributed by atoms with Crippen molar-refractivity contribution in [3.05, 3.63) is 22.3 Å². The van der Waals surface area contributed by atoms with Crippen LogP contribution in [0.3, 0.4) is 0 Å². The van der Waals surface area contributed by atoms with Crippen LogP contribution in [0, 0.1) is 11.8 Å². The Labute approximate surface area is 155 Å². The molecule has 0 aromatic rings. The van der Waals surface area contributed by atoms with E-state index in [1.807, 2.05) is 0 Å². The number of fused-ring (bicyclic) bond motifs is 4. The van der Waals surface area contributed by atoms with E-state index in [2.05, 4.69) is 0 Å². The third kappa shape index (κ3) is 2.82. The quantitative estimate of drug-likeness (QED) is 0.380. The molecule has 0 amide bonds. The summed E-state index contributed by atoms with van der Waals surface area (Å²) in [5, 5.41) is 0. The van der Waals surface area contributed by atoms with E-state index >= 15 is 0 Å². The molecule has 2 aliphatic heterocycles. The average molecular weight is 380 g/mol. The molecule has 2 bridgehead atoms. The van der Waals surface area contributed by atoms with Crippen LogP contribution in [0.15, 0.2) is 22.3 Å². The van der Waals surface area contributed by atoms with Crippen LogP contribution in [0.1, 0.15) is 12.8 Å². The van der Waals surface area contributed by atoms with E-state index in [1.165, 1.54) is 28.4 Å². The van der Waals surface area contributed by atoms with Gasteiger partial charge in [-0.1, -0.05) is 0 Å². The first-order valence-electron chi connectivity index (χ1n) is 8.31. The third-order valence-electron chi connectivity index (χ3n) is 5.34. The molecule has 2 heterocycles. The summed E-state index contributed by atoms with van der Waals surface area (Å²) in [6.45, 7) is 0. The van der Waals surface area contributed by atoms with Crippen molar-refractivity contribution in [3.8, 4) is 0 Å². The molecule has 0 aromatic carbocycles. The van der Waals surface area contributed by atoms with Crippen LogP contribution >= 0.6 is 0 Å². The molecule has 0 aromatic heterocycles. The standard InChI is InChI=1S/C18H20O9/c1-23-15(19)9-5-7-8(6-10(9)16(20)24-2)14-12(18(22)26-4)11(13(7)27-14)17(21)25-3/h11-14H,5-6H2,1-4H3/t11-,12+,13+,14-. The van der Waals surface area contributed by atoms with Gasteiger partial charge in [0.25, 0.3) is 0 Å². The summed E-state index contributed by atoms with van der Waals surface area (Å²) in [6.07, 6.45) is -1.29. The van der Waals surface area contributed by atoms with Crippen LogP contribution in [0.2, 0.25) is 0 Å². The number of hydrogen-bond acceptors (Lipinski definition) is 9. The zero-order valence-corrected chi connectivity index (χ0v) is 15.4. The van der Waals surface area contributed by atoms with E-state index < -0.39 is 47.9 Å². The Morgan fingerprint density at radius 1 is 0.704 bits per heavy atom. The highest BCUT2D eigenvalue weighted by Crippen LogP contribution is 2.53. The van der Waals surface area contributed by atoms with Crippen molar-refractivity contribution < 1.29 is 42.9 Å². The molecule has 3 aliphatic rings. The van der Waals surface area contributed by atoms with Crippen LogP contribution < -0.4 is 0 Å². The summed E-state index contributed by atoms with van der Waals surface area (Å²) in [5.41, 5.74) is 1.72. The molecule has 9 heteroatoms. The fourth-order valence-corrected chi connectivity index (χ4v) is 4.14. The Hall–Kier alpha value is -2.68. The van der Waals surface area contributed by atoms with E-state index in [4.69, 9.17) is 23.7 Å². The molecule has 1 aliphatic carbocycles. The number of hydrogen-bond donors (Lipinski definition) is 0. The van der Waals surface area contributed by atoms with Gasteiger partial charge in [0.05, 0.1) is 51.8 Å². The smallest absolute Gasteiger partial charge is 0.334 e. The Balaban J connectivity index is 2.02. The lowest BCUT2D eigenvalue weighted by Gasteiger charge is -2.31. The molecule has 9 nitrogen and oxygen atoms in total. The van der Waals surface area contributed by atoms with E-state index in [0.717, 1.165) is 0 Å². The minimum Gasteiger partial charge on any atom is -0.469 e. The molecule has 0 spiro atoms. The van der Waals surface area contributed by atoms with Gasteiger partial charge in [0.15, 0.2) is 0 Å². The fourth-order valence-electron chi connectivity index (χ4n) is 4.14. The highest BCUT2D eigenvalue weighted by atomic mass is 16.6. The third-order valence-corrected chi connectivity index (χ3v) is 5.34. The highest BCUT2D eigenvalue weighted by molar-refractivity contribution is 6.02. The van der Waals surface area contributed by atoms with Gasteiger partial charge in [-0.25, -0.2) is 9.59 Å². The zero-order valence-electron chi connectivity index (χ0n) is 15.4. The van der Waals surface area contributed by atoms with Gasteiger partial charge in [-0.15, -0.1) is 0 Å². The van der Waals surface area contributed by atoms with Crippen molar-refractivity contribution in [3.63, 3.8) is 0 Å². The summed E-state index contributed by atoms with van der Waals surface area (Å²) in [7, 11) is 4.90. The maximum Gasteiger partial charge on any atom is 0.334 e. The van der Waals surface area contributed by atoms with E-state index in [-0.39, 0.29) is 24.0 Å². The van der Waals surface area contributed by atoms with Gasteiger partial charge in [0, 0.05) is 12.8 Å². The van der Waals surface area contributed by atoms with Crippen molar-refractivity contribution in [2.45, 2.75) is 25.0 Å². The van der Waals surface area contributed by atoms with Crippen molar-refractivity contribution in [2.75, 3.05) is 28.4 Å². The second-order valence-electron chi connectivity index (χ2n) is 6.42. The number of methoxy groups -OCH3 is 4. The molecule has 27 heavy (non-hydrogen) atoms. The maximum atomic E-state index is 12.3. The lowest BCUT2D eigenvalue weighted by atomic mass is 9.70. The van der Waals surface area contributed by atoms with E-state index in [0.29, 0.717) is 11.1 Å². The number of carbonyl (C=O) groups is 4. The van der Waals surface area contributed by atoms with E-state index in [9.17, 15) is 19.2 Å². The van der Waals surface area contributed by atoms with E-state index in [1.54, 1.807) is 0 Å². The van der Waals surface area contributed by atoms with Gasteiger partial charge in [-0.2, -0.15) is 0 Å². The van der Waals surface area contributed by atoms with Crippen molar-refractivity contribution in [1.82, 2.24) is 0 Å². The maximum absolute atomic E-state index is 12.3. The second-order valence-corrected chi connectivity index (χ2v) is 6.42. The Kier molecular flexibility index (Phi) is 5.05. The minimum absolute atomic E-state index is 0.0784. The predicted molar refractivity (Wildman–Crippen MR) is 87.0 cm³/mol. The molecule has 1 saturated heterocycles. The normalized spacial score (nSPS) is 28.6. The summed E-state index contributed by atoms with van der Waals surface area (Å²) in [4.78, 5) is 48.9. The Morgan fingerprint density at radius 2 is 1.07 bits per heavy atom. The molecular weight excluding hydrogens is 360 g/mol. The molecule has 3 rings (SSSR count). The predicted octanol–water partition coefficient (Wildman–Crippen LogP) is 0.0788. The molecule has 146 valence electrons. The molecule has 0 radical (unpaired) electrons. The monoisotopic (exact) mass is 380 g/mol. The molecule has 0 saturated carbocycles. The first kappa shape index (κ1) is 19.1. The number of ether oxygens (including phenoxy) is 5. The summed E-state index contributed by atoms with van der Waals surface area (Å²) >= 11 is 0. The van der Waals surface area contributed by atoms with Gasteiger partial charge in [-0.05, 0) is 11.1 Å². The van der Waals surface area contributed by atoms with Gasteiger partial charge >= 0.3 is 23.9 Å². The van der Waals surface area contributed by atoms with Crippen molar-refractivity contribution >= 4 is 23.9 Å². The van der Waals surface area contributed by atoms with Gasteiger partial charge < -0.3 is 23.7 Å². The van der Waals surface area contributed by atoms with Crippen molar-refractivity contribution in [2.24, 2.45) is 11.8 Å². The summed E-state index contributed by atoms with van der Waals surface area (Å²) in [5.74, 6) is -4.22. The highest BCUT2D eigenvalue weighted by Gasteiger charge is 2.61. The van der Waals surface area contributed by atoms with Crippen molar-refractivity contribution in [1.29, 1.82) is 0 Å². The molecule has 4 atom stereocenters. The summed E-state index contributed by atoms with van der Waals surface area (Å²) < 4.78 is 25.1. The number of carbonyl (C=O) groups excluding carboxylic acids is 4. The molecule has 0 N–H and O–H groups in total. The SMILES string of the molecule is COC(=O)C1=C(C(=O)OC)CC2=C(C1)[C@H]1O[C@@H]2[C@H](C(=O)OC)[C@@H]1C(=O)OC. The van der Waals surface area contributed by atoms with Gasteiger partial charge in [-0.3, -0.25) is 9.59 Å². The largest absolute Gasteiger partial charge is 0.469 e. The summed E-state index contributed by atoms with van der Waals surface area (Å²) in [6, 6.07) is 0. The molecule has 0 unspecified atom stereocenters. The van der Waals surface area contributed by atoms with Crippen LogP contribution in [-0.2, 0) is 42.9 Å². The number of rotatable bonds is 4. The number of esters is 4. The van der Waals surface area contributed by atoms with Gasteiger partial charge in [0.1, 0.15) is 11.8 Å². The molecule has 1 fully saturated rings. The topological polar surface area (TPSA) is 114 Å². The van der Waals surface area contributed by atoms with Crippen LogP contribution in [-0.4, -0.2) is 64.5 Å². The lowest BCUT2D eigenvalue weighted by molar-refractivity contribution is -0.156. The van der Waals surface area contributed by atoms with Crippen LogP contribution in [0.25, 0.3) is 0 Å². The lowest BCUT2D eigenvalue weighted by Crippen LogP contribution is -2.42. The Bertz CT molecular complexity index is 714. The zero-order chi connectivity index (χ0) is 19.9. The minimum atomic E-state index is -0.871. The fraction of sp³-hybridized carbons (Fsp3) is 0.556. The molecular formula is C18H20O9.